The second-order valence-corrected chi connectivity index (χ2v) is 3.24. The van der Waals surface area contributed by atoms with Crippen LogP contribution in [0, 0.1) is 10.1 Å². The summed E-state index contributed by atoms with van der Waals surface area (Å²) in [6, 6.07) is 4.84. The molecule has 0 aromatic heterocycles. The summed E-state index contributed by atoms with van der Waals surface area (Å²) < 4.78 is 35.8. The van der Waals surface area contributed by atoms with Gasteiger partial charge in [0.05, 0.1) is 4.92 Å². The summed E-state index contributed by atoms with van der Waals surface area (Å²) >= 11 is 0. The Morgan fingerprint density at radius 2 is 1.88 bits per heavy atom. The third-order valence-electron chi connectivity index (χ3n) is 1.96. The normalized spacial score (nSPS) is 13.2. The first kappa shape index (κ1) is 13.2. The molecule has 0 fully saturated rings. The summed E-state index contributed by atoms with van der Waals surface area (Å²) in [5.41, 5.74) is 0.103. The second-order valence-electron chi connectivity index (χ2n) is 3.24. The number of halogens is 3. The van der Waals surface area contributed by atoms with E-state index in [-0.39, 0.29) is 11.4 Å². The van der Waals surface area contributed by atoms with Gasteiger partial charge in [-0.2, -0.15) is 13.2 Å². The molecule has 0 aliphatic carbocycles. The Labute approximate surface area is 94.0 Å². The molecule has 94 valence electrons. The number of nitrogens with one attached hydrogen (secondary N) is 1. The number of nitrogens with zero attached hydrogens (tertiary/aromatic N) is 1. The molecule has 0 heterocycles. The number of aliphatic hydroxyl groups is 1. The van der Waals surface area contributed by atoms with Gasteiger partial charge in [0.25, 0.3) is 5.69 Å². The lowest BCUT2D eigenvalue weighted by molar-refractivity contribution is -0.384. The molecule has 17 heavy (non-hydrogen) atoms. The Kier molecular flexibility index (Phi) is 3.89. The first-order chi connectivity index (χ1) is 7.80. The van der Waals surface area contributed by atoms with E-state index in [0.29, 0.717) is 0 Å². The zero-order valence-electron chi connectivity index (χ0n) is 8.44. The van der Waals surface area contributed by atoms with Crippen molar-refractivity contribution in [2.45, 2.75) is 12.3 Å². The van der Waals surface area contributed by atoms with E-state index in [1.54, 1.807) is 0 Å². The predicted octanol–water partition coefficient (Wildman–Crippen LogP) is 1.93. The molecule has 1 rings (SSSR count). The molecule has 0 aliphatic rings. The Morgan fingerprint density at radius 3 is 2.29 bits per heavy atom. The zero-order chi connectivity index (χ0) is 13.1. The number of hydrogen-bond donors (Lipinski definition) is 2. The van der Waals surface area contributed by atoms with E-state index in [1.165, 1.54) is 12.1 Å². The predicted molar refractivity (Wildman–Crippen MR) is 53.6 cm³/mol. The van der Waals surface area contributed by atoms with Crippen molar-refractivity contribution < 1.29 is 23.2 Å². The van der Waals surface area contributed by atoms with Gasteiger partial charge >= 0.3 is 6.18 Å². The zero-order valence-corrected chi connectivity index (χ0v) is 8.44. The molecule has 0 saturated carbocycles. The molecule has 0 bridgehead atoms. The van der Waals surface area contributed by atoms with Crippen LogP contribution in [0.5, 0.6) is 0 Å². The average molecular weight is 250 g/mol. The van der Waals surface area contributed by atoms with Crippen LogP contribution >= 0.6 is 0 Å². The average Bonchev–Trinajstić information content (AvgIpc) is 2.25. The van der Waals surface area contributed by atoms with Crippen LogP contribution < -0.4 is 5.32 Å². The Bertz CT molecular complexity index is 391. The summed E-state index contributed by atoms with van der Waals surface area (Å²) in [7, 11) is 0. The van der Waals surface area contributed by atoms with Crippen LogP contribution in [0.2, 0.25) is 0 Å². The van der Waals surface area contributed by atoms with Crippen molar-refractivity contribution in [1.29, 1.82) is 0 Å². The van der Waals surface area contributed by atoms with Crippen molar-refractivity contribution in [1.82, 2.24) is 0 Å². The number of nitro benzene ring substituents is 1. The Hall–Kier alpha value is -1.83. The number of alkyl halides is 3. The van der Waals surface area contributed by atoms with E-state index in [2.05, 4.69) is 5.32 Å². The van der Waals surface area contributed by atoms with Crippen molar-refractivity contribution >= 4 is 11.4 Å². The van der Waals surface area contributed by atoms with Crippen LogP contribution in [-0.4, -0.2) is 28.9 Å². The first-order valence-corrected chi connectivity index (χ1v) is 4.54. The number of benzene rings is 1. The highest BCUT2D eigenvalue weighted by Crippen LogP contribution is 2.21. The fourth-order valence-corrected chi connectivity index (χ4v) is 1.03. The van der Waals surface area contributed by atoms with Crippen molar-refractivity contribution in [3.8, 4) is 0 Å². The lowest BCUT2D eigenvalue weighted by atomic mass is 10.2. The van der Waals surface area contributed by atoms with E-state index in [4.69, 9.17) is 5.11 Å². The highest BCUT2D eigenvalue weighted by Gasteiger charge is 2.37. The largest absolute Gasteiger partial charge is 0.416 e. The third kappa shape index (κ3) is 3.91. The molecule has 8 heteroatoms. The van der Waals surface area contributed by atoms with Crippen LogP contribution in [0.4, 0.5) is 24.5 Å². The maximum Gasteiger partial charge on any atom is 0.416 e. The molecule has 5 nitrogen and oxygen atoms in total. The van der Waals surface area contributed by atoms with Crippen molar-refractivity contribution in [2.75, 3.05) is 11.9 Å². The number of non-ortho nitro benzene ring substituents is 1. The van der Waals surface area contributed by atoms with E-state index in [9.17, 15) is 23.3 Å². The molecule has 0 saturated heterocycles. The van der Waals surface area contributed by atoms with Gasteiger partial charge in [0, 0.05) is 24.4 Å². The molecule has 1 aromatic rings. The minimum Gasteiger partial charge on any atom is -0.382 e. The van der Waals surface area contributed by atoms with Gasteiger partial charge in [-0.3, -0.25) is 10.1 Å². The molecule has 0 spiro atoms. The van der Waals surface area contributed by atoms with Gasteiger partial charge < -0.3 is 10.4 Å². The van der Waals surface area contributed by atoms with Gasteiger partial charge in [-0.25, -0.2) is 0 Å². The Morgan fingerprint density at radius 1 is 1.35 bits per heavy atom. The fourth-order valence-electron chi connectivity index (χ4n) is 1.03. The van der Waals surface area contributed by atoms with Gasteiger partial charge in [-0.05, 0) is 12.1 Å². The number of hydrogen-bond acceptors (Lipinski definition) is 4. The standard InChI is InChI=1S/C9H9F3N2O3/c10-9(11,12)8(15)5-13-6-1-3-7(4-2-6)14(16)17/h1-4,8,13,15H,5H2. The number of rotatable bonds is 4. The molecule has 1 unspecified atom stereocenters. The summed E-state index contributed by atoms with van der Waals surface area (Å²) in [5.74, 6) is 0. The summed E-state index contributed by atoms with van der Waals surface area (Å²) in [5, 5.41) is 21.3. The van der Waals surface area contributed by atoms with Gasteiger partial charge in [-0.1, -0.05) is 0 Å². The van der Waals surface area contributed by atoms with E-state index in [0.717, 1.165) is 12.1 Å². The highest BCUT2D eigenvalue weighted by molar-refractivity contribution is 5.48. The monoisotopic (exact) mass is 250 g/mol. The minimum atomic E-state index is -4.69. The van der Waals surface area contributed by atoms with Crippen LogP contribution in [0.25, 0.3) is 0 Å². The van der Waals surface area contributed by atoms with Crippen LogP contribution in [-0.2, 0) is 0 Å². The lowest BCUT2D eigenvalue weighted by Crippen LogP contribution is -2.34. The van der Waals surface area contributed by atoms with Crippen LogP contribution in [0.3, 0.4) is 0 Å². The molecular formula is C9H9F3N2O3. The summed E-state index contributed by atoms with van der Waals surface area (Å²) in [6.07, 6.45) is -7.16. The number of anilines is 1. The third-order valence-corrected chi connectivity index (χ3v) is 1.96. The molecule has 2 N–H and O–H groups in total. The van der Waals surface area contributed by atoms with Gasteiger partial charge in [0.15, 0.2) is 6.10 Å². The lowest BCUT2D eigenvalue weighted by Gasteiger charge is -2.15. The molecule has 0 aliphatic heterocycles. The molecule has 1 aromatic carbocycles. The minimum absolute atomic E-state index is 0.160. The number of nitro groups is 1. The van der Waals surface area contributed by atoms with Gasteiger partial charge in [-0.15, -0.1) is 0 Å². The highest BCUT2D eigenvalue weighted by atomic mass is 19.4. The van der Waals surface area contributed by atoms with E-state index in [1.807, 2.05) is 0 Å². The fraction of sp³-hybridized carbons (Fsp3) is 0.333. The quantitative estimate of drug-likeness (QED) is 0.632. The molecular weight excluding hydrogens is 241 g/mol. The summed E-state index contributed by atoms with van der Waals surface area (Å²) in [6.45, 7) is -0.707. The van der Waals surface area contributed by atoms with Crippen LogP contribution in [0.15, 0.2) is 24.3 Å². The van der Waals surface area contributed by atoms with Crippen LogP contribution in [0.1, 0.15) is 0 Å². The van der Waals surface area contributed by atoms with Crippen molar-refractivity contribution in [3.63, 3.8) is 0 Å². The number of aliphatic hydroxyl groups excluding tert-OH is 1. The van der Waals surface area contributed by atoms with Crippen molar-refractivity contribution in [3.05, 3.63) is 34.4 Å². The smallest absolute Gasteiger partial charge is 0.382 e. The van der Waals surface area contributed by atoms with Gasteiger partial charge in [0.1, 0.15) is 0 Å². The SMILES string of the molecule is O=[N+]([O-])c1ccc(NCC(O)C(F)(F)F)cc1. The van der Waals surface area contributed by atoms with E-state index < -0.39 is 23.7 Å². The summed E-state index contributed by atoms with van der Waals surface area (Å²) in [4.78, 5) is 9.69. The molecule has 0 radical (unpaired) electrons. The van der Waals surface area contributed by atoms with E-state index >= 15 is 0 Å². The second kappa shape index (κ2) is 5.00. The molecule has 1 atom stereocenters. The topological polar surface area (TPSA) is 75.4 Å². The van der Waals surface area contributed by atoms with Crippen molar-refractivity contribution in [2.24, 2.45) is 0 Å². The first-order valence-electron chi connectivity index (χ1n) is 4.54. The van der Waals surface area contributed by atoms with Gasteiger partial charge in [0.2, 0.25) is 0 Å². The maximum atomic E-state index is 11.9. The maximum absolute atomic E-state index is 11.9. The molecule has 0 amide bonds. The Balaban J connectivity index is 2.56.